The summed E-state index contributed by atoms with van der Waals surface area (Å²) in [6.07, 6.45) is 1.24. The van der Waals surface area contributed by atoms with Crippen LogP contribution in [0.1, 0.15) is 40.5 Å². The van der Waals surface area contributed by atoms with E-state index in [1.54, 1.807) is 11.3 Å². The van der Waals surface area contributed by atoms with E-state index in [0.29, 0.717) is 32.6 Å². The van der Waals surface area contributed by atoms with Crippen molar-refractivity contribution in [3.63, 3.8) is 0 Å². The van der Waals surface area contributed by atoms with Crippen molar-refractivity contribution in [3.8, 4) is 0 Å². The number of hydrogen-bond acceptors (Lipinski definition) is 3. The van der Waals surface area contributed by atoms with Gasteiger partial charge in [-0.1, -0.05) is 60.2 Å². The monoisotopic (exact) mass is 485 g/mol. The molecule has 3 heterocycles. The fourth-order valence-corrected chi connectivity index (χ4v) is 5.91. The second-order valence-electron chi connectivity index (χ2n) is 9.46. The van der Waals surface area contributed by atoms with Crippen LogP contribution >= 0.6 is 11.3 Å². The number of hydrogen-bond donors (Lipinski definition) is 0. The van der Waals surface area contributed by atoms with Gasteiger partial charge in [-0.25, -0.2) is 0 Å². The van der Waals surface area contributed by atoms with E-state index in [9.17, 15) is 9.59 Å². The number of carbonyl (C=O) groups excluding carboxylic acids is 2. The summed E-state index contributed by atoms with van der Waals surface area (Å²) in [6, 6.07) is 22.7. The minimum atomic E-state index is -0.00252. The fourth-order valence-electron chi connectivity index (χ4n) is 5.02. The minimum Gasteiger partial charge on any atom is -0.336 e. The number of fused-ring (bicyclic) bond motifs is 1. The largest absolute Gasteiger partial charge is 0.336 e. The molecule has 6 heteroatoms. The first kappa shape index (κ1) is 23.4. The summed E-state index contributed by atoms with van der Waals surface area (Å²) in [5, 5.41) is 3.18. The van der Waals surface area contributed by atoms with Gasteiger partial charge in [-0.3, -0.25) is 9.59 Å². The number of nitrogens with zero attached hydrogens (tertiary/aromatic N) is 3. The Bertz CT molecular complexity index is 1340. The number of carbonyl (C=O) groups is 2. The molecule has 180 valence electrons. The number of thiophene rings is 1. The first-order valence-corrected chi connectivity index (χ1v) is 13.1. The van der Waals surface area contributed by atoms with Crippen LogP contribution in [0.5, 0.6) is 0 Å². The number of aromatic nitrogens is 1. The molecule has 0 saturated carbocycles. The van der Waals surface area contributed by atoms with Gasteiger partial charge in [0.1, 0.15) is 10.5 Å². The van der Waals surface area contributed by atoms with Crippen LogP contribution in [0.4, 0.5) is 0 Å². The normalized spacial score (nSPS) is 16.1. The lowest BCUT2D eigenvalue weighted by Gasteiger charge is -2.40. The Labute approximate surface area is 210 Å². The maximum absolute atomic E-state index is 13.7. The van der Waals surface area contributed by atoms with Crippen LogP contribution in [0.2, 0.25) is 0 Å². The van der Waals surface area contributed by atoms with Gasteiger partial charge < -0.3 is 14.4 Å². The average molecular weight is 486 g/mol. The molecule has 2 aromatic carbocycles. The van der Waals surface area contributed by atoms with Gasteiger partial charge in [-0.05, 0) is 48.9 Å². The Hall–Kier alpha value is -3.38. The Morgan fingerprint density at radius 3 is 2.54 bits per heavy atom. The fraction of sp³-hybridized carbons (Fsp3) is 0.310. The van der Waals surface area contributed by atoms with E-state index in [-0.39, 0.29) is 17.9 Å². The minimum absolute atomic E-state index is 0.00252. The summed E-state index contributed by atoms with van der Waals surface area (Å²) >= 11 is 1.67. The van der Waals surface area contributed by atoms with Crippen molar-refractivity contribution >= 4 is 33.4 Å². The van der Waals surface area contributed by atoms with Crippen molar-refractivity contribution in [2.24, 2.45) is 0 Å². The van der Waals surface area contributed by atoms with Crippen molar-refractivity contribution in [2.45, 2.75) is 39.3 Å². The molecule has 0 aliphatic carbocycles. The number of piperazine rings is 1. The second kappa shape index (κ2) is 10.1. The summed E-state index contributed by atoms with van der Waals surface area (Å²) in [7, 11) is 0. The topological polar surface area (TPSA) is 45.6 Å². The smallest absolute Gasteiger partial charge is 0.270 e. The maximum Gasteiger partial charge on any atom is 0.270 e. The van der Waals surface area contributed by atoms with Gasteiger partial charge >= 0.3 is 0 Å². The third kappa shape index (κ3) is 5.03. The van der Waals surface area contributed by atoms with Gasteiger partial charge in [0.25, 0.3) is 5.91 Å². The molecule has 0 radical (unpaired) electrons. The van der Waals surface area contributed by atoms with Gasteiger partial charge in [0.05, 0.1) is 0 Å². The molecule has 1 saturated heterocycles. The van der Waals surface area contributed by atoms with E-state index < -0.39 is 0 Å². The number of amides is 2. The highest BCUT2D eigenvalue weighted by Crippen LogP contribution is 2.28. The second-order valence-corrected chi connectivity index (χ2v) is 10.4. The van der Waals surface area contributed by atoms with E-state index in [2.05, 4.69) is 59.3 Å². The molecule has 1 unspecified atom stereocenters. The summed E-state index contributed by atoms with van der Waals surface area (Å²) in [6.45, 7) is 6.49. The SMILES string of the molecule is Cc1cccc(Cn2c(C(=O)N3CCN(C(=O)CCc4ccccc4)C(C)C3)cc3ccsc32)c1. The van der Waals surface area contributed by atoms with Crippen LogP contribution in [0.15, 0.2) is 72.1 Å². The highest BCUT2D eigenvalue weighted by atomic mass is 32.1. The van der Waals surface area contributed by atoms with Crippen LogP contribution in [-0.2, 0) is 17.8 Å². The van der Waals surface area contributed by atoms with Crippen molar-refractivity contribution < 1.29 is 9.59 Å². The molecule has 5 nitrogen and oxygen atoms in total. The number of benzene rings is 2. The molecule has 0 bridgehead atoms. The van der Waals surface area contributed by atoms with E-state index in [4.69, 9.17) is 0 Å². The summed E-state index contributed by atoms with van der Waals surface area (Å²) in [5.41, 5.74) is 4.31. The first-order chi connectivity index (χ1) is 17.0. The highest BCUT2D eigenvalue weighted by Gasteiger charge is 2.31. The van der Waals surface area contributed by atoms with Gasteiger partial charge in [0.2, 0.25) is 5.91 Å². The predicted octanol–water partition coefficient (Wildman–Crippen LogP) is 5.37. The molecule has 0 spiro atoms. The zero-order chi connectivity index (χ0) is 24.4. The highest BCUT2D eigenvalue weighted by molar-refractivity contribution is 7.16. The van der Waals surface area contributed by atoms with E-state index in [1.807, 2.05) is 41.0 Å². The van der Waals surface area contributed by atoms with E-state index >= 15 is 0 Å². The van der Waals surface area contributed by atoms with E-state index in [1.165, 1.54) is 16.7 Å². The quantitative estimate of drug-likeness (QED) is 0.369. The molecule has 1 aliphatic rings. The molecule has 1 atom stereocenters. The summed E-state index contributed by atoms with van der Waals surface area (Å²) < 4.78 is 2.15. The van der Waals surface area contributed by atoms with Crippen LogP contribution in [0, 0.1) is 6.92 Å². The van der Waals surface area contributed by atoms with Crippen molar-refractivity contribution in [3.05, 3.63) is 94.5 Å². The number of rotatable bonds is 6. The van der Waals surface area contributed by atoms with Crippen molar-refractivity contribution in [1.82, 2.24) is 14.4 Å². The third-order valence-electron chi connectivity index (χ3n) is 6.85. The van der Waals surface area contributed by atoms with Crippen LogP contribution in [0.25, 0.3) is 10.2 Å². The Morgan fingerprint density at radius 2 is 1.77 bits per heavy atom. The third-order valence-corrected chi connectivity index (χ3v) is 7.80. The van der Waals surface area contributed by atoms with Crippen molar-refractivity contribution in [2.75, 3.05) is 19.6 Å². The molecule has 1 aliphatic heterocycles. The standard InChI is InChI=1S/C29H31N3O2S/c1-21-7-6-10-24(17-21)20-32-26(18-25-13-16-35-29(25)32)28(34)30-14-15-31(22(2)19-30)27(33)12-11-23-8-4-3-5-9-23/h3-10,13,16-18,22H,11-12,14-15,19-20H2,1-2H3. The molecule has 1 fully saturated rings. The van der Waals surface area contributed by atoms with Crippen LogP contribution in [0.3, 0.4) is 0 Å². The Kier molecular flexibility index (Phi) is 6.73. The van der Waals surface area contributed by atoms with Gasteiger partial charge in [-0.2, -0.15) is 0 Å². The van der Waals surface area contributed by atoms with E-state index in [0.717, 1.165) is 22.3 Å². The van der Waals surface area contributed by atoms with Crippen LogP contribution in [-0.4, -0.2) is 51.9 Å². The molecular weight excluding hydrogens is 454 g/mol. The zero-order valence-corrected chi connectivity index (χ0v) is 21.1. The molecule has 0 N–H and O–H groups in total. The summed E-state index contributed by atoms with van der Waals surface area (Å²) in [5.74, 6) is 0.209. The summed E-state index contributed by atoms with van der Waals surface area (Å²) in [4.78, 5) is 31.6. The van der Waals surface area contributed by atoms with Crippen molar-refractivity contribution in [1.29, 1.82) is 0 Å². The van der Waals surface area contributed by atoms with Gasteiger partial charge in [0, 0.05) is 44.0 Å². The average Bonchev–Trinajstić information content (AvgIpc) is 3.45. The molecule has 2 aromatic heterocycles. The molecule has 5 rings (SSSR count). The molecular formula is C29H31N3O2S. The van der Waals surface area contributed by atoms with Gasteiger partial charge in [0.15, 0.2) is 0 Å². The first-order valence-electron chi connectivity index (χ1n) is 12.2. The Balaban J connectivity index is 1.28. The zero-order valence-electron chi connectivity index (χ0n) is 20.3. The molecule has 2 amide bonds. The molecule has 35 heavy (non-hydrogen) atoms. The lowest BCUT2D eigenvalue weighted by Crippen LogP contribution is -2.55. The molecule has 4 aromatic rings. The maximum atomic E-state index is 13.7. The van der Waals surface area contributed by atoms with Crippen LogP contribution < -0.4 is 0 Å². The Morgan fingerprint density at radius 1 is 0.971 bits per heavy atom. The lowest BCUT2D eigenvalue weighted by molar-refractivity contribution is -0.135. The predicted molar refractivity (Wildman–Crippen MR) is 142 cm³/mol. The van der Waals surface area contributed by atoms with Gasteiger partial charge in [-0.15, -0.1) is 11.3 Å². The lowest BCUT2D eigenvalue weighted by atomic mass is 10.1. The number of aryl methyl sites for hydroxylation is 2.